The summed E-state index contributed by atoms with van der Waals surface area (Å²) in [5.41, 5.74) is 0. The van der Waals surface area contributed by atoms with Crippen molar-refractivity contribution in [2.24, 2.45) is 0 Å². The molecule has 0 aliphatic rings. The molecule has 4 rings (SSSR count). The van der Waals surface area contributed by atoms with E-state index in [2.05, 4.69) is 0 Å². The van der Waals surface area contributed by atoms with E-state index in [4.69, 9.17) is 66.8 Å². The van der Waals surface area contributed by atoms with Gasteiger partial charge in [-0.1, -0.05) is 94.9 Å². The predicted octanol–water partition coefficient (Wildman–Crippen LogP) is 8.18. The first kappa shape index (κ1) is 35.2. The Morgan fingerprint density at radius 2 is 0.471 bits per heavy atom. The van der Waals surface area contributed by atoms with E-state index in [0.717, 1.165) is 0 Å². The summed E-state index contributed by atoms with van der Waals surface area (Å²) >= 11 is 21.8. The van der Waals surface area contributed by atoms with Gasteiger partial charge in [-0.15, -0.1) is 0 Å². The number of hydrogen-bond acceptors (Lipinski definition) is 4. The number of hydrogen-bond donors (Lipinski definition) is 4. The van der Waals surface area contributed by atoms with Crippen molar-refractivity contribution in [3.8, 4) is 23.0 Å². The fraction of sp³-hybridized carbons (Fsp3) is 0. The van der Waals surface area contributed by atoms with Crippen LogP contribution in [0.5, 0.6) is 23.0 Å². The number of para-hydroxylation sites is 4. The maximum atomic E-state index is 8.79. The average molecular weight is 697 g/mol. The third-order valence-electron chi connectivity index (χ3n) is 3.41. The molecule has 0 aromatic heterocycles. The number of phenolic OH excluding ortho intramolecular Hbond substituents is 4. The molecule has 0 saturated carbocycles. The molecule has 0 bridgehead atoms. The summed E-state index contributed by atoms with van der Waals surface area (Å²) in [6, 6.07) is 26.7. The van der Waals surface area contributed by atoms with Crippen molar-refractivity contribution in [3.63, 3.8) is 0 Å². The Morgan fingerprint density at radius 1 is 0.324 bits per heavy atom. The zero-order valence-corrected chi connectivity index (χ0v) is 25.5. The summed E-state index contributed by atoms with van der Waals surface area (Å²) in [5, 5.41) is 36.7. The molecule has 0 heterocycles. The fourth-order valence-electron chi connectivity index (χ4n) is 1.81. The topological polar surface area (TPSA) is 80.9 Å². The fourth-order valence-corrected chi connectivity index (χ4v) is 2.35. The van der Waals surface area contributed by atoms with Crippen LogP contribution in [0.25, 0.3) is 0 Å². The molecule has 4 aromatic carbocycles. The van der Waals surface area contributed by atoms with E-state index in [1.54, 1.807) is 97.1 Å². The van der Waals surface area contributed by atoms with Crippen molar-refractivity contribution < 1.29 is 72.8 Å². The van der Waals surface area contributed by atoms with E-state index < -0.39 is 0 Å². The Hall–Kier alpha value is -0.994. The van der Waals surface area contributed by atoms with Gasteiger partial charge in [0.2, 0.25) is 0 Å². The normalized spacial score (nSPS) is 8.59. The van der Waals surface area contributed by atoms with Crippen molar-refractivity contribution in [2.75, 3.05) is 0 Å². The summed E-state index contributed by atoms with van der Waals surface area (Å²) in [5.74, 6) is 0.534. The van der Waals surface area contributed by atoms with Gasteiger partial charge in [0.05, 0.1) is 20.1 Å². The van der Waals surface area contributed by atoms with Gasteiger partial charge in [0.25, 0.3) is 0 Å². The monoisotopic (exact) mass is 692 g/mol. The molecule has 0 spiro atoms. The number of aromatic hydroxyl groups is 4. The molecule has 0 atom stereocenters. The maximum absolute atomic E-state index is 8.79. The summed E-state index contributed by atoms with van der Waals surface area (Å²) in [6.07, 6.45) is 0. The van der Waals surface area contributed by atoms with Gasteiger partial charge in [0, 0.05) is 52.4 Å². The van der Waals surface area contributed by atoms with Gasteiger partial charge in [-0.05, 0) is 48.5 Å². The molecule has 4 N–H and O–H groups in total. The van der Waals surface area contributed by atoms with E-state index >= 15 is 0 Å². The third-order valence-corrected chi connectivity index (χ3v) is 4.69. The summed E-state index contributed by atoms with van der Waals surface area (Å²) < 4.78 is 0. The molecular formula is C24H20Cl4O4Zr2. The predicted molar refractivity (Wildman–Crippen MR) is 132 cm³/mol. The Bertz CT molecular complexity index is 844. The number of benzene rings is 4. The molecule has 0 fully saturated rings. The summed E-state index contributed by atoms with van der Waals surface area (Å²) in [4.78, 5) is 0. The minimum Gasteiger partial charge on any atom is -0.506 e. The molecule has 34 heavy (non-hydrogen) atoms. The maximum Gasteiger partial charge on any atom is 0.134 e. The van der Waals surface area contributed by atoms with Gasteiger partial charge >= 0.3 is 0 Å². The van der Waals surface area contributed by atoms with Crippen LogP contribution in [0.1, 0.15) is 0 Å². The second-order valence-corrected chi connectivity index (χ2v) is 7.43. The van der Waals surface area contributed by atoms with E-state index in [1.165, 1.54) is 0 Å². The largest absolute Gasteiger partial charge is 0.506 e. The smallest absolute Gasteiger partial charge is 0.134 e. The Labute approximate surface area is 257 Å². The molecule has 0 aliphatic heterocycles. The van der Waals surface area contributed by atoms with E-state index in [-0.39, 0.29) is 75.4 Å². The third kappa shape index (κ3) is 15.1. The van der Waals surface area contributed by atoms with Gasteiger partial charge < -0.3 is 20.4 Å². The van der Waals surface area contributed by atoms with Gasteiger partial charge in [-0.25, -0.2) is 0 Å². The van der Waals surface area contributed by atoms with E-state index in [0.29, 0.717) is 20.1 Å². The first-order chi connectivity index (χ1) is 15.2. The zero-order valence-electron chi connectivity index (χ0n) is 17.5. The van der Waals surface area contributed by atoms with Gasteiger partial charge in [0.1, 0.15) is 23.0 Å². The number of phenols is 4. The SMILES string of the molecule is Oc1ccccc1Cl.Oc1ccccc1Cl.Oc1ccccc1Cl.Oc1ccccc1Cl.[Zr].[Zr]. The second kappa shape index (κ2) is 20.2. The van der Waals surface area contributed by atoms with Crippen molar-refractivity contribution in [1.82, 2.24) is 0 Å². The van der Waals surface area contributed by atoms with Crippen LogP contribution in [0.4, 0.5) is 0 Å². The van der Waals surface area contributed by atoms with Crippen molar-refractivity contribution in [2.45, 2.75) is 0 Å². The van der Waals surface area contributed by atoms with Crippen molar-refractivity contribution >= 4 is 46.4 Å². The summed E-state index contributed by atoms with van der Waals surface area (Å²) in [6.45, 7) is 0. The van der Waals surface area contributed by atoms with E-state index in [1.807, 2.05) is 0 Å². The first-order valence-electron chi connectivity index (χ1n) is 8.96. The molecule has 176 valence electrons. The van der Waals surface area contributed by atoms with Crippen LogP contribution in [0.3, 0.4) is 0 Å². The molecule has 0 saturated heterocycles. The van der Waals surface area contributed by atoms with Crippen LogP contribution in [-0.4, -0.2) is 20.4 Å². The molecular weight excluding hydrogens is 677 g/mol. The standard InChI is InChI=1S/4C6H5ClO.2Zr/c4*7-5-3-1-2-4-6(5)8;;/h4*1-4,8H;;. The quantitative estimate of drug-likeness (QED) is 0.150. The van der Waals surface area contributed by atoms with Gasteiger partial charge in [-0.3, -0.25) is 0 Å². The van der Waals surface area contributed by atoms with Crippen LogP contribution in [-0.2, 0) is 52.4 Å². The Kier molecular flexibility index (Phi) is 20.9. The van der Waals surface area contributed by atoms with Crippen LogP contribution in [0, 0.1) is 0 Å². The molecule has 4 nitrogen and oxygen atoms in total. The Morgan fingerprint density at radius 3 is 0.559 bits per heavy atom. The molecule has 0 unspecified atom stereocenters. The van der Waals surface area contributed by atoms with Crippen LogP contribution >= 0.6 is 46.4 Å². The van der Waals surface area contributed by atoms with Crippen molar-refractivity contribution in [1.29, 1.82) is 0 Å². The van der Waals surface area contributed by atoms with E-state index in [9.17, 15) is 0 Å². The minimum atomic E-state index is 0. The first-order valence-corrected chi connectivity index (χ1v) is 10.5. The van der Waals surface area contributed by atoms with Gasteiger partial charge in [-0.2, -0.15) is 0 Å². The number of halogens is 4. The zero-order chi connectivity index (χ0) is 23.9. The summed E-state index contributed by atoms with van der Waals surface area (Å²) in [7, 11) is 0. The average Bonchev–Trinajstić information content (AvgIpc) is 2.78. The molecule has 0 aliphatic carbocycles. The van der Waals surface area contributed by atoms with Crippen LogP contribution in [0.15, 0.2) is 97.1 Å². The van der Waals surface area contributed by atoms with Crippen LogP contribution in [0.2, 0.25) is 20.1 Å². The number of rotatable bonds is 0. The van der Waals surface area contributed by atoms with Gasteiger partial charge in [0.15, 0.2) is 0 Å². The molecule has 4 aromatic rings. The van der Waals surface area contributed by atoms with Crippen molar-refractivity contribution in [3.05, 3.63) is 117 Å². The molecule has 0 radical (unpaired) electrons. The van der Waals surface area contributed by atoms with Crippen LogP contribution < -0.4 is 0 Å². The molecule has 10 heteroatoms. The second-order valence-electron chi connectivity index (χ2n) is 5.81. The molecule has 0 amide bonds. The minimum absolute atomic E-state index is 0. The Balaban J connectivity index is 0.